The maximum atomic E-state index is 11.2. The fourth-order valence-electron chi connectivity index (χ4n) is 3.57. The lowest BCUT2D eigenvalue weighted by Crippen LogP contribution is -2.14. The molecule has 0 radical (unpaired) electrons. The van der Waals surface area contributed by atoms with Crippen molar-refractivity contribution in [2.75, 3.05) is 11.9 Å². The first kappa shape index (κ1) is 20.4. The van der Waals surface area contributed by atoms with Crippen LogP contribution in [0.25, 0.3) is 10.9 Å². The summed E-state index contributed by atoms with van der Waals surface area (Å²) >= 11 is 0. The molecule has 0 aliphatic heterocycles. The molecule has 156 valence electrons. The van der Waals surface area contributed by atoms with E-state index in [4.69, 9.17) is 4.74 Å². The van der Waals surface area contributed by atoms with Gasteiger partial charge in [0.25, 0.3) is 0 Å². The van der Waals surface area contributed by atoms with E-state index in [0.29, 0.717) is 12.1 Å². The third-order valence-electron chi connectivity index (χ3n) is 5.06. The zero-order valence-corrected chi connectivity index (χ0v) is 17.7. The third-order valence-corrected chi connectivity index (χ3v) is 5.06. The Labute approximate surface area is 182 Å². The first-order chi connectivity index (χ1) is 15.0. The molecule has 0 aliphatic rings. The minimum Gasteiger partial charge on any atom is -0.505 e. The van der Waals surface area contributed by atoms with Crippen molar-refractivity contribution in [3.05, 3.63) is 102 Å². The molecule has 2 N–H and O–H groups in total. The summed E-state index contributed by atoms with van der Waals surface area (Å²) in [6.07, 6.45) is 1.71. The van der Waals surface area contributed by atoms with E-state index in [0.717, 1.165) is 39.5 Å². The molecule has 0 fully saturated rings. The highest BCUT2D eigenvalue weighted by atomic mass is 16.5. The van der Waals surface area contributed by atoms with Crippen molar-refractivity contribution in [1.29, 1.82) is 0 Å². The number of hydrogen-bond acceptors (Lipinski definition) is 5. The van der Waals surface area contributed by atoms with Crippen molar-refractivity contribution in [3.8, 4) is 11.5 Å². The van der Waals surface area contributed by atoms with Gasteiger partial charge in [0.2, 0.25) is 0 Å². The summed E-state index contributed by atoms with van der Waals surface area (Å²) in [5.41, 5.74) is 4.00. The third kappa shape index (κ3) is 4.51. The minimum absolute atomic E-state index is 0.156. The summed E-state index contributed by atoms with van der Waals surface area (Å²) in [7, 11) is 0. The molecule has 0 saturated heterocycles. The molecular weight excluding hydrogens is 386 g/mol. The summed E-state index contributed by atoms with van der Waals surface area (Å²) in [6, 6.07) is 21.1. The van der Waals surface area contributed by atoms with Crippen LogP contribution in [0, 0.1) is 13.8 Å². The Morgan fingerprint density at radius 1 is 1.00 bits per heavy atom. The van der Waals surface area contributed by atoms with Gasteiger partial charge in [-0.15, -0.1) is 0 Å². The number of aromatic hydroxyl groups is 1. The number of nitrogens with one attached hydrogen (secondary N) is 1. The topological polar surface area (TPSA) is 67.3 Å². The molecule has 0 saturated carbocycles. The number of pyridine rings is 2. The molecular formula is C26H25N3O2. The number of rotatable bonds is 7. The quantitative estimate of drug-likeness (QED) is 0.381. The molecule has 0 amide bonds. The molecule has 5 heteroatoms. The van der Waals surface area contributed by atoms with Crippen LogP contribution in [0.3, 0.4) is 0 Å². The number of aromatic nitrogens is 2. The lowest BCUT2D eigenvalue weighted by molar-refractivity contribution is 0.362. The number of benzene rings is 2. The van der Waals surface area contributed by atoms with E-state index in [1.165, 1.54) is 0 Å². The van der Waals surface area contributed by atoms with Crippen LogP contribution in [0.2, 0.25) is 0 Å². The van der Waals surface area contributed by atoms with E-state index >= 15 is 0 Å². The molecule has 5 nitrogen and oxygen atoms in total. The Balaban J connectivity index is 1.83. The highest BCUT2D eigenvalue weighted by Gasteiger charge is 2.21. The Kier molecular flexibility index (Phi) is 5.85. The number of fused-ring (bicyclic) bond motifs is 1. The second-order valence-electron chi connectivity index (χ2n) is 7.44. The summed E-state index contributed by atoms with van der Waals surface area (Å²) in [5.74, 6) is 1.61. The van der Waals surface area contributed by atoms with E-state index in [1.807, 2.05) is 80.6 Å². The number of phenols is 1. The highest BCUT2D eigenvalue weighted by Crippen LogP contribution is 2.37. The van der Waals surface area contributed by atoms with Gasteiger partial charge in [-0.3, -0.25) is 0 Å². The lowest BCUT2D eigenvalue weighted by Gasteiger charge is -2.23. The second-order valence-corrected chi connectivity index (χ2v) is 7.44. The number of nitrogens with zero attached hydrogens (tertiary/aromatic N) is 2. The fraction of sp³-hybridized carbons (Fsp3) is 0.154. The van der Waals surface area contributed by atoms with Crippen molar-refractivity contribution in [2.24, 2.45) is 0 Å². The minimum atomic E-state index is -0.353. The van der Waals surface area contributed by atoms with Gasteiger partial charge < -0.3 is 15.2 Å². The van der Waals surface area contributed by atoms with E-state index in [2.05, 4.69) is 21.9 Å². The molecule has 2 aromatic carbocycles. The molecule has 1 atom stereocenters. The molecule has 2 aromatic heterocycles. The van der Waals surface area contributed by atoms with Crippen LogP contribution < -0.4 is 10.1 Å². The molecule has 2 heterocycles. The first-order valence-electron chi connectivity index (χ1n) is 10.2. The molecule has 4 rings (SSSR count). The lowest BCUT2D eigenvalue weighted by atomic mass is 9.96. The normalized spacial score (nSPS) is 11.8. The van der Waals surface area contributed by atoms with Crippen LogP contribution in [0.5, 0.6) is 11.5 Å². The predicted octanol–water partition coefficient (Wildman–Crippen LogP) is 5.72. The summed E-state index contributed by atoms with van der Waals surface area (Å²) < 4.78 is 5.73. The van der Waals surface area contributed by atoms with Gasteiger partial charge in [-0.25, -0.2) is 9.97 Å². The van der Waals surface area contributed by atoms with Crippen LogP contribution >= 0.6 is 0 Å². The molecule has 0 aliphatic carbocycles. The van der Waals surface area contributed by atoms with Crippen LogP contribution in [0.15, 0.2) is 79.4 Å². The van der Waals surface area contributed by atoms with Crippen LogP contribution in [-0.4, -0.2) is 21.7 Å². The van der Waals surface area contributed by atoms with Gasteiger partial charge in [-0.1, -0.05) is 49.1 Å². The SMILES string of the molecule is C=CCOc1cccc([C@@H](Nc2cccc(C)n2)c2ccc3ccc(C)nc3c2O)c1. The molecule has 0 unspecified atom stereocenters. The van der Waals surface area contributed by atoms with E-state index < -0.39 is 0 Å². The van der Waals surface area contributed by atoms with E-state index in [-0.39, 0.29) is 11.8 Å². The number of anilines is 1. The van der Waals surface area contributed by atoms with Crippen LogP contribution in [-0.2, 0) is 0 Å². The average Bonchev–Trinajstić information content (AvgIpc) is 2.77. The summed E-state index contributed by atoms with van der Waals surface area (Å²) in [5, 5.41) is 15.6. The van der Waals surface area contributed by atoms with Crippen LogP contribution in [0.4, 0.5) is 5.82 Å². The molecule has 0 spiro atoms. The zero-order valence-electron chi connectivity index (χ0n) is 17.7. The van der Waals surface area contributed by atoms with Crippen molar-refractivity contribution < 1.29 is 9.84 Å². The monoisotopic (exact) mass is 411 g/mol. The number of hydrogen-bond donors (Lipinski definition) is 2. The first-order valence-corrected chi connectivity index (χ1v) is 10.2. The van der Waals surface area contributed by atoms with Gasteiger partial charge >= 0.3 is 0 Å². The van der Waals surface area contributed by atoms with Gasteiger partial charge in [0.1, 0.15) is 29.4 Å². The second kappa shape index (κ2) is 8.88. The Morgan fingerprint density at radius 3 is 2.58 bits per heavy atom. The highest BCUT2D eigenvalue weighted by molar-refractivity contribution is 5.86. The van der Waals surface area contributed by atoms with Crippen molar-refractivity contribution in [3.63, 3.8) is 0 Å². The molecule has 31 heavy (non-hydrogen) atoms. The number of phenolic OH excluding ortho intramolecular Hbond substituents is 1. The van der Waals surface area contributed by atoms with Gasteiger partial charge in [-0.2, -0.15) is 0 Å². The predicted molar refractivity (Wildman–Crippen MR) is 125 cm³/mol. The van der Waals surface area contributed by atoms with Crippen molar-refractivity contribution in [2.45, 2.75) is 19.9 Å². The number of aryl methyl sites for hydroxylation is 2. The maximum Gasteiger partial charge on any atom is 0.147 e. The standard InChI is InChI=1S/C26H25N3O2/c1-4-15-31-21-9-6-8-20(16-21)24(29-23-10-5-7-17(2)27-23)22-14-13-19-12-11-18(3)28-25(19)26(22)30/h4-14,16,24,30H,1,15H2,2-3H3,(H,27,29)/t24-/m1/s1. The van der Waals surface area contributed by atoms with Crippen molar-refractivity contribution in [1.82, 2.24) is 9.97 Å². The van der Waals surface area contributed by atoms with Gasteiger partial charge in [0, 0.05) is 22.3 Å². The summed E-state index contributed by atoms with van der Waals surface area (Å²) in [4.78, 5) is 9.15. The van der Waals surface area contributed by atoms with E-state index in [9.17, 15) is 5.11 Å². The maximum absolute atomic E-state index is 11.2. The zero-order chi connectivity index (χ0) is 21.8. The summed E-state index contributed by atoms with van der Waals surface area (Å²) in [6.45, 7) is 7.99. The Bertz CT molecular complexity index is 1240. The van der Waals surface area contributed by atoms with E-state index in [1.54, 1.807) is 6.08 Å². The van der Waals surface area contributed by atoms with Gasteiger partial charge in [-0.05, 0) is 49.7 Å². The number of ether oxygens (including phenoxy) is 1. The largest absolute Gasteiger partial charge is 0.505 e. The van der Waals surface area contributed by atoms with Crippen LogP contribution in [0.1, 0.15) is 28.6 Å². The molecule has 4 aromatic rings. The Hall–Kier alpha value is -3.86. The Morgan fingerprint density at radius 2 is 1.77 bits per heavy atom. The van der Waals surface area contributed by atoms with Crippen molar-refractivity contribution >= 4 is 16.7 Å². The average molecular weight is 412 g/mol. The smallest absolute Gasteiger partial charge is 0.147 e. The molecule has 0 bridgehead atoms. The fourth-order valence-corrected chi connectivity index (χ4v) is 3.57. The van der Waals surface area contributed by atoms with Gasteiger partial charge in [0.15, 0.2) is 0 Å². The van der Waals surface area contributed by atoms with Gasteiger partial charge in [0.05, 0.1) is 6.04 Å².